The Labute approximate surface area is 129 Å². The van der Waals surface area contributed by atoms with Crippen LogP contribution in [0.1, 0.15) is 23.2 Å². The van der Waals surface area contributed by atoms with Gasteiger partial charge in [-0.15, -0.1) is 0 Å². The molecule has 1 heterocycles. The Morgan fingerprint density at radius 3 is 2.77 bits per heavy atom. The molecule has 1 aromatic rings. The minimum Gasteiger partial charge on any atom is -0.508 e. The second-order valence-electron chi connectivity index (χ2n) is 5.15. The van der Waals surface area contributed by atoms with E-state index in [0.717, 1.165) is 0 Å². The molecule has 1 aliphatic rings. The van der Waals surface area contributed by atoms with Gasteiger partial charge in [-0.3, -0.25) is 4.79 Å². The molecule has 2 rings (SSSR count). The number of ether oxygens (including phenoxy) is 1. The Bertz CT molecular complexity index is 551. The molecule has 0 atom stereocenters. The van der Waals surface area contributed by atoms with Gasteiger partial charge in [0, 0.05) is 24.7 Å². The Kier molecular flexibility index (Phi) is 5.41. The van der Waals surface area contributed by atoms with Gasteiger partial charge in [0.2, 0.25) is 0 Å². The third kappa shape index (κ3) is 4.25. The summed E-state index contributed by atoms with van der Waals surface area (Å²) in [6.07, 6.45) is 2.40. The molecule has 1 aromatic carbocycles. The Hall–Kier alpha value is -2.50. The van der Waals surface area contributed by atoms with E-state index in [1.165, 1.54) is 18.2 Å². The molecule has 2 amide bonds. The zero-order valence-electron chi connectivity index (χ0n) is 12.3. The summed E-state index contributed by atoms with van der Waals surface area (Å²) in [4.78, 5) is 25.5. The van der Waals surface area contributed by atoms with Gasteiger partial charge in [-0.05, 0) is 31.0 Å². The van der Waals surface area contributed by atoms with E-state index in [4.69, 9.17) is 4.74 Å². The van der Waals surface area contributed by atoms with Crippen LogP contribution >= 0.6 is 0 Å². The molecule has 1 aliphatic heterocycles. The lowest BCUT2D eigenvalue weighted by Gasteiger charge is -2.32. The highest BCUT2D eigenvalue weighted by Crippen LogP contribution is 2.17. The Morgan fingerprint density at radius 2 is 2.14 bits per heavy atom. The van der Waals surface area contributed by atoms with E-state index in [-0.39, 0.29) is 24.3 Å². The first kappa shape index (κ1) is 15.9. The molecule has 1 fully saturated rings. The van der Waals surface area contributed by atoms with Crippen molar-refractivity contribution in [2.24, 2.45) is 0 Å². The van der Waals surface area contributed by atoms with Crippen molar-refractivity contribution in [1.29, 1.82) is 0 Å². The van der Waals surface area contributed by atoms with Crippen LogP contribution in [0.5, 0.6) is 5.75 Å². The van der Waals surface area contributed by atoms with Gasteiger partial charge in [-0.25, -0.2) is 4.79 Å². The summed E-state index contributed by atoms with van der Waals surface area (Å²) >= 11 is 0. The van der Waals surface area contributed by atoms with Crippen molar-refractivity contribution in [3.8, 4) is 5.75 Å². The predicted molar refractivity (Wildman–Crippen MR) is 81.7 cm³/mol. The number of alkyl carbamates (subject to hydrolysis) is 1. The number of phenolic OH excluding ortho intramolecular Hbond substituents is 1. The van der Waals surface area contributed by atoms with Crippen molar-refractivity contribution in [1.82, 2.24) is 10.2 Å². The summed E-state index contributed by atoms with van der Waals surface area (Å²) in [5.74, 6) is -0.0315. The number of hydrogen-bond donors (Lipinski definition) is 2. The number of nitrogens with zero attached hydrogens (tertiary/aromatic N) is 1. The number of amides is 2. The van der Waals surface area contributed by atoms with Crippen LogP contribution in [0.15, 0.2) is 36.9 Å². The van der Waals surface area contributed by atoms with E-state index < -0.39 is 6.09 Å². The standard InChI is InChI=1S/C16H20N2O4/c1-2-10-22-16(21)17-13-6-8-18(9-7-13)15(20)12-4-3-5-14(19)11-12/h2-5,11,13,19H,1,6-10H2,(H,17,21). The number of carbonyl (C=O) groups excluding carboxylic acids is 2. The lowest BCUT2D eigenvalue weighted by molar-refractivity contribution is 0.0702. The number of aromatic hydroxyl groups is 1. The molecule has 0 unspecified atom stereocenters. The summed E-state index contributed by atoms with van der Waals surface area (Å²) in [7, 11) is 0. The Balaban J connectivity index is 1.83. The molecule has 0 saturated carbocycles. The summed E-state index contributed by atoms with van der Waals surface area (Å²) in [5, 5.41) is 12.2. The molecule has 22 heavy (non-hydrogen) atoms. The maximum atomic E-state index is 12.3. The first-order chi connectivity index (χ1) is 10.6. The highest BCUT2D eigenvalue weighted by Gasteiger charge is 2.24. The van der Waals surface area contributed by atoms with Gasteiger partial charge in [0.15, 0.2) is 0 Å². The van der Waals surface area contributed by atoms with Gasteiger partial charge < -0.3 is 20.1 Å². The molecule has 118 valence electrons. The van der Waals surface area contributed by atoms with E-state index in [0.29, 0.717) is 31.5 Å². The number of carbonyl (C=O) groups is 2. The molecular formula is C16H20N2O4. The van der Waals surface area contributed by atoms with Gasteiger partial charge in [0.25, 0.3) is 5.91 Å². The summed E-state index contributed by atoms with van der Waals surface area (Å²) in [6.45, 7) is 4.77. The van der Waals surface area contributed by atoms with Crippen LogP contribution in [0.4, 0.5) is 4.79 Å². The van der Waals surface area contributed by atoms with Crippen LogP contribution in [0.25, 0.3) is 0 Å². The van der Waals surface area contributed by atoms with Crippen LogP contribution in [0.3, 0.4) is 0 Å². The first-order valence-electron chi connectivity index (χ1n) is 7.22. The van der Waals surface area contributed by atoms with Crippen molar-refractivity contribution < 1.29 is 19.4 Å². The van der Waals surface area contributed by atoms with Crippen LogP contribution < -0.4 is 5.32 Å². The molecule has 1 saturated heterocycles. The number of phenols is 1. The third-order valence-electron chi connectivity index (χ3n) is 3.53. The largest absolute Gasteiger partial charge is 0.508 e. The predicted octanol–water partition coefficient (Wildman–Crippen LogP) is 1.91. The molecule has 0 spiro atoms. The maximum Gasteiger partial charge on any atom is 0.407 e. The highest BCUT2D eigenvalue weighted by molar-refractivity contribution is 5.94. The van der Waals surface area contributed by atoms with Crippen LogP contribution in [0.2, 0.25) is 0 Å². The fourth-order valence-electron chi connectivity index (χ4n) is 2.39. The van der Waals surface area contributed by atoms with Gasteiger partial charge in [-0.1, -0.05) is 18.7 Å². The topological polar surface area (TPSA) is 78.9 Å². The van der Waals surface area contributed by atoms with Crippen LogP contribution in [-0.4, -0.2) is 47.7 Å². The van der Waals surface area contributed by atoms with Gasteiger partial charge >= 0.3 is 6.09 Å². The quantitative estimate of drug-likeness (QED) is 0.833. The van der Waals surface area contributed by atoms with E-state index in [2.05, 4.69) is 11.9 Å². The minimum absolute atomic E-state index is 0.00513. The van der Waals surface area contributed by atoms with Gasteiger partial charge in [0.1, 0.15) is 12.4 Å². The fourth-order valence-corrected chi connectivity index (χ4v) is 2.39. The molecule has 0 aliphatic carbocycles. The summed E-state index contributed by atoms with van der Waals surface area (Å²) < 4.78 is 4.87. The normalized spacial score (nSPS) is 15.2. The lowest BCUT2D eigenvalue weighted by Crippen LogP contribution is -2.46. The molecule has 6 nitrogen and oxygen atoms in total. The van der Waals surface area contributed by atoms with E-state index >= 15 is 0 Å². The first-order valence-corrected chi connectivity index (χ1v) is 7.22. The average molecular weight is 304 g/mol. The zero-order chi connectivity index (χ0) is 15.9. The summed E-state index contributed by atoms with van der Waals surface area (Å²) in [6, 6.07) is 6.32. The van der Waals surface area contributed by atoms with Crippen LogP contribution in [-0.2, 0) is 4.74 Å². The molecule has 0 radical (unpaired) electrons. The number of benzene rings is 1. The van der Waals surface area contributed by atoms with E-state index in [1.807, 2.05) is 0 Å². The number of likely N-dealkylation sites (tertiary alicyclic amines) is 1. The molecule has 6 heteroatoms. The smallest absolute Gasteiger partial charge is 0.407 e. The summed E-state index contributed by atoms with van der Waals surface area (Å²) in [5.41, 5.74) is 0.469. The SMILES string of the molecule is C=CCOC(=O)NC1CCN(C(=O)c2cccc(O)c2)CC1. The Morgan fingerprint density at radius 1 is 1.41 bits per heavy atom. The number of hydrogen-bond acceptors (Lipinski definition) is 4. The number of piperidine rings is 1. The van der Waals surface area contributed by atoms with Crippen molar-refractivity contribution in [3.05, 3.63) is 42.5 Å². The van der Waals surface area contributed by atoms with E-state index in [9.17, 15) is 14.7 Å². The molecule has 0 bridgehead atoms. The van der Waals surface area contributed by atoms with E-state index in [1.54, 1.807) is 17.0 Å². The van der Waals surface area contributed by atoms with Crippen molar-refractivity contribution >= 4 is 12.0 Å². The monoisotopic (exact) mass is 304 g/mol. The lowest BCUT2D eigenvalue weighted by atomic mass is 10.0. The maximum absolute atomic E-state index is 12.3. The molecule has 2 N–H and O–H groups in total. The average Bonchev–Trinajstić information content (AvgIpc) is 2.53. The fraction of sp³-hybridized carbons (Fsp3) is 0.375. The minimum atomic E-state index is -0.461. The number of rotatable bonds is 4. The zero-order valence-corrected chi connectivity index (χ0v) is 12.3. The van der Waals surface area contributed by atoms with Crippen molar-refractivity contribution in [2.75, 3.05) is 19.7 Å². The second kappa shape index (κ2) is 7.49. The third-order valence-corrected chi connectivity index (χ3v) is 3.53. The molecule has 0 aromatic heterocycles. The van der Waals surface area contributed by atoms with Crippen LogP contribution in [0, 0.1) is 0 Å². The molecular weight excluding hydrogens is 284 g/mol. The van der Waals surface area contributed by atoms with Gasteiger partial charge in [0.05, 0.1) is 0 Å². The van der Waals surface area contributed by atoms with Crippen molar-refractivity contribution in [3.63, 3.8) is 0 Å². The highest BCUT2D eigenvalue weighted by atomic mass is 16.5. The van der Waals surface area contributed by atoms with Gasteiger partial charge in [-0.2, -0.15) is 0 Å². The second-order valence-corrected chi connectivity index (χ2v) is 5.15. The van der Waals surface area contributed by atoms with Crippen molar-refractivity contribution in [2.45, 2.75) is 18.9 Å². The number of nitrogens with one attached hydrogen (secondary N) is 1.